The van der Waals surface area contributed by atoms with Gasteiger partial charge in [-0.2, -0.15) is 0 Å². The number of nitrogens with zero attached hydrogens (tertiary/aromatic N) is 1. The summed E-state index contributed by atoms with van der Waals surface area (Å²) in [4.78, 5) is 5.45. The van der Waals surface area contributed by atoms with E-state index in [0.717, 1.165) is 55.6 Å². The van der Waals surface area contributed by atoms with Gasteiger partial charge in [-0.1, -0.05) is 146 Å². The summed E-state index contributed by atoms with van der Waals surface area (Å²) in [5, 5.41) is 17.5. The molecule has 9 aromatic carbocycles. The van der Waals surface area contributed by atoms with E-state index in [9.17, 15) is 0 Å². The van der Waals surface area contributed by atoms with Crippen molar-refractivity contribution in [2.24, 2.45) is 4.99 Å². The first-order chi connectivity index (χ1) is 28.7. The fraction of sp³-hybridized carbons (Fsp3) is 0.0377. The van der Waals surface area contributed by atoms with Crippen molar-refractivity contribution in [3.8, 4) is 22.3 Å². The van der Waals surface area contributed by atoms with Crippen LogP contribution in [0.15, 0.2) is 197 Å². The highest BCUT2D eigenvalue weighted by Gasteiger charge is 2.30. The number of fused-ring (bicyclic) bond motifs is 8. The molecule has 0 fully saturated rings. The zero-order valence-electron chi connectivity index (χ0n) is 31.3. The molecule has 0 amide bonds. The third kappa shape index (κ3) is 5.51. The summed E-state index contributed by atoms with van der Waals surface area (Å²) in [5.74, 6) is 0.839. The first-order valence-corrected chi connectivity index (χ1v) is 20.6. The Bertz CT molecular complexity index is 3430. The molecule has 0 radical (unpaired) electrons. The minimum atomic E-state index is -0.326. The smallest absolute Gasteiger partial charge is 0.135 e. The van der Waals surface area contributed by atoms with E-state index >= 15 is 0 Å². The molecular formula is C53H35N3OS. The van der Waals surface area contributed by atoms with Gasteiger partial charge in [0.2, 0.25) is 0 Å². The minimum absolute atomic E-state index is 0.321. The van der Waals surface area contributed by atoms with Crippen LogP contribution >= 0.6 is 11.3 Å². The molecule has 274 valence electrons. The van der Waals surface area contributed by atoms with Gasteiger partial charge in [-0.15, -0.1) is 11.3 Å². The van der Waals surface area contributed by atoms with E-state index in [0.29, 0.717) is 0 Å². The Kier molecular flexibility index (Phi) is 7.58. The predicted molar refractivity (Wildman–Crippen MR) is 244 cm³/mol. The van der Waals surface area contributed by atoms with Crippen molar-refractivity contribution in [2.75, 3.05) is 0 Å². The van der Waals surface area contributed by atoms with Gasteiger partial charge >= 0.3 is 0 Å². The first kappa shape index (κ1) is 33.1. The molecule has 2 atom stereocenters. The molecule has 1 aliphatic heterocycles. The number of amidine groups is 1. The number of hydrogen-bond acceptors (Lipinski definition) is 5. The van der Waals surface area contributed by atoms with Crippen LogP contribution in [0.4, 0.5) is 0 Å². The number of benzene rings is 9. The molecule has 11 aromatic rings. The number of para-hydroxylation sites is 1. The van der Waals surface area contributed by atoms with Crippen LogP contribution in [0.1, 0.15) is 29.0 Å². The molecular weight excluding hydrogens is 727 g/mol. The first-order valence-electron chi connectivity index (χ1n) is 19.7. The number of rotatable bonds is 5. The van der Waals surface area contributed by atoms with Gasteiger partial charge in [0.05, 0.1) is 0 Å². The molecule has 2 unspecified atom stereocenters. The summed E-state index contributed by atoms with van der Waals surface area (Å²) >= 11 is 1.85. The average molecular weight is 762 g/mol. The van der Waals surface area contributed by atoms with Crippen molar-refractivity contribution in [2.45, 2.75) is 12.3 Å². The predicted octanol–water partition coefficient (Wildman–Crippen LogP) is 13.9. The SMILES string of the molecule is c1ccc(-c2ccc3cc(C4=NC(c5ccc6ccccc6c5)NC(c5c(-c6ccc7c(c6)sc6ccccc67)ccc6oc7ccccc7c56)N4)ccc3c2)cc1. The van der Waals surface area contributed by atoms with Gasteiger partial charge in [0, 0.05) is 42.1 Å². The Balaban J connectivity index is 1.05. The third-order valence-corrected chi connectivity index (χ3v) is 12.9. The molecule has 1 aliphatic rings. The molecule has 2 aromatic heterocycles. The highest BCUT2D eigenvalue weighted by molar-refractivity contribution is 7.25. The molecule has 12 rings (SSSR count). The monoisotopic (exact) mass is 761 g/mol. The molecule has 0 aliphatic carbocycles. The second-order valence-corrected chi connectivity index (χ2v) is 16.3. The highest BCUT2D eigenvalue weighted by Crippen LogP contribution is 2.43. The van der Waals surface area contributed by atoms with Crippen molar-refractivity contribution in [3.63, 3.8) is 0 Å². The van der Waals surface area contributed by atoms with E-state index in [4.69, 9.17) is 9.41 Å². The molecule has 3 heterocycles. The van der Waals surface area contributed by atoms with E-state index in [2.05, 4.69) is 193 Å². The van der Waals surface area contributed by atoms with Crippen molar-refractivity contribution in [1.29, 1.82) is 0 Å². The van der Waals surface area contributed by atoms with Gasteiger partial charge < -0.3 is 9.73 Å². The van der Waals surface area contributed by atoms with E-state index in [1.807, 2.05) is 17.4 Å². The van der Waals surface area contributed by atoms with Gasteiger partial charge in [0.15, 0.2) is 0 Å². The second kappa shape index (κ2) is 13.3. The molecule has 0 bridgehead atoms. The van der Waals surface area contributed by atoms with Crippen LogP contribution in [0.2, 0.25) is 0 Å². The van der Waals surface area contributed by atoms with Crippen molar-refractivity contribution in [3.05, 3.63) is 205 Å². The molecule has 4 nitrogen and oxygen atoms in total. The maximum atomic E-state index is 6.56. The number of thiophene rings is 1. The Morgan fingerprint density at radius 2 is 1.16 bits per heavy atom. The largest absolute Gasteiger partial charge is 0.456 e. The number of hydrogen-bond donors (Lipinski definition) is 2. The third-order valence-electron chi connectivity index (χ3n) is 11.7. The summed E-state index contributed by atoms with van der Waals surface area (Å²) in [7, 11) is 0. The maximum Gasteiger partial charge on any atom is 0.135 e. The highest BCUT2D eigenvalue weighted by atomic mass is 32.1. The fourth-order valence-corrected chi connectivity index (χ4v) is 10.0. The van der Waals surface area contributed by atoms with E-state index in [1.54, 1.807) is 0 Å². The van der Waals surface area contributed by atoms with Crippen LogP contribution in [-0.4, -0.2) is 5.84 Å². The van der Waals surface area contributed by atoms with Crippen molar-refractivity contribution >= 4 is 80.8 Å². The summed E-state index contributed by atoms with van der Waals surface area (Å²) in [6.45, 7) is 0. The summed E-state index contributed by atoms with van der Waals surface area (Å²) in [6.07, 6.45) is -0.647. The van der Waals surface area contributed by atoms with Gasteiger partial charge in [-0.05, 0) is 91.8 Å². The lowest BCUT2D eigenvalue weighted by atomic mass is 9.92. The number of nitrogens with one attached hydrogen (secondary N) is 2. The van der Waals surface area contributed by atoms with E-state index in [1.165, 1.54) is 52.8 Å². The van der Waals surface area contributed by atoms with Crippen LogP contribution in [0, 0.1) is 0 Å². The standard InChI is InChI=1S/C53H35N3OS/c1-2-10-32(11-3-1)35-19-20-37-30-40(23-21-36(37)28-35)52-54-51(39-22-18-33-12-4-5-13-34(33)29-39)55-53(56-52)50-41(26-27-46-49(50)44-15-6-8-16-45(44)57-46)38-24-25-43-42-14-7-9-17-47(42)58-48(43)31-38/h1-31,51,53,55H,(H,54,56). The average Bonchev–Trinajstić information content (AvgIpc) is 3.86. The van der Waals surface area contributed by atoms with Crippen LogP contribution in [0.5, 0.6) is 0 Å². The molecule has 2 N–H and O–H groups in total. The van der Waals surface area contributed by atoms with Crippen LogP contribution in [0.25, 0.3) is 85.9 Å². The van der Waals surface area contributed by atoms with E-state index < -0.39 is 0 Å². The van der Waals surface area contributed by atoms with E-state index in [-0.39, 0.29) is 12.3 Å². The Morgan fingerprint density at radius 3 is 2.05 bits per heavy atom. The molecule has 0 saturated carbocycles. The summed E-state index contributed by atoms with van der Waals surface area (Å²) in [5.41, 5.74) is 9.73. The van der Waals surface area contributed by atoms with Crippen LogP contribution in [-0.2, 0) is 0 Å². The molecule has 5 heteroatoms. The lowest BCUT2D eigenvalue weighted by molar-refractivity contribution is 0.412. The zero-order chi connectivity index (χ0) is 38.2. The molecule has 0 spiro atoms. The van der Waals surface area contributed by atoms with Crippen molar-refractivity contribution < 1.29 is 4.42 Å². The Labute approximate surface area is 338 Å². The van der Waals surface area contributed by atoms with Gasteiger partial charge in [0.1, 0.15) is 29.3 Å². The maximum absolute atomic E-state index is 6.56. The quantitative estimate of drug-likeness (QED) is 0.184. The van der Waals surface area contributed by atoms with Crippen molar-refractivity contribution in [1.82, 2.24) is 10.6 Å². The molecule has 0 saturated heterocycles. The number of furan rings is 1. The minimum Gasteiger partial charge on any atom is -0.456 e. The summed E-state index contributed by atoms with van der Waals surface area (Å²) in [6, 6.07) is 67.5. The Morgan fingerprint density at radius 1 is 0.466 bits per heavy atom. The number of aliphatic imine (C=N–C) groups is 1. The second-order valence-electron chi connectivity index (χ2n) is 15.2. The van der Waals surface area contributed by atoms with Crippen LogP contribution in [0.3, 0.4) is 0 Å². The fourth-order valence-electron chi connectivity index (χ4n) is 8.89. The van der Waals surface area contributed by atoms with Gasteiger partial charge in [-0.3, -0.25) is 5.32 Å². The lowest BCUT2D eigenvalue weighted by Crippen LogP contribution is -2.45. The van der Waals surface area contributed by atoms with Crippen LogP contribution < -0.4 is 10.6 Å². The lowest BCUT2D eigenvalue weighted by Gasteiger charge is -2.34. The normalized spacial score (nSPS) is 15.8. The zero-order valence-corrected chi connectivity index (χ0v) is 32.1. The summed E-state index contributed by atoms with van der Waals surface area (Å²) < 4.78 is 9.13. The Hall–Kier alpha value is -7.05. The van der Waals surface area contributed by atoms with Gasteiger partial charge in [0.25, 0.3) is 0 Å². The topological polar surface area (TPSA) is 49.6 Å². The van der Waals surface area contributed by atoms with Gasteiger partial charge in [-0.25, -0.2) is 4.99 Å². The molecule has 58 heavy (non-hydrogen) atoms.